The summed E-state index contributed by atoms with van der Waals surface area (Å²) in [5.41, 5.74) is 2.43. The summed E-state index contributed by atoms with van der Waals surface area (Å²) in [6.45, 7) is 8.11. The Bertz CT molecular complexity index is 388. The second-order valence-corrected chi connectivity index (χ2v) is 4.95. The van der Waals surface area contributed by atoms with Gasteiger partial charge in [-0.25, -0.2) is 0 Å². The van der Waals surface area contributed by atoms with Crippen LogP contribution in [-0.4, -0.2) is 25.7 Å². The Morgan fingerprint density at radius 1 is 1.44 bits per heavy atom. The number of hydrogen-bond donors (Lipinski definition) is 1. The summed E-state index contributed by atoms with van der Waals surface area (Å²) in [6, 6.07) is 6.17. The standard InChI is InChI=1S/C13H20N2O/c1-5-16-11-8-6-7-10-12(11)15(4)9-13(2,3)14-10/h6-8,14H,5,9H2,1-4H3. The highest BCUT2D eigenvalue weighted by atomic mass is 16.5. The van der Waals surface area contributed by atoms with Crippen molar-refractivity contribution in [3.63, 3.8) is 0 Å². The fraction of sp³-hybridized carbons (Fsp3) is 0.538. The average Bonchev–Trinajstić information content (AvgIpc) is 2.15. The molecule has 0 unspecified atom stereocenters. The third kappa shape index (κ3) is 1.94. The Kier molecular flexibility index (Phi) is 2.70. The Morgan fingerprint density at radius 3 is 2.88 bits per heavy atom. The second-order valence-electron chi connectivity index (χ2n) is 4.95. The molecule has 1 heterocycles. The van der Waals surface area contributed by atoms with Crippen LogP contribution < -0.4 is 15.0 Å². The number of rotatable bonds is 2. The van der Waals surface area contributed by atoms with Gasteiger partial charge in [-0.2, -0.15) is 0 Å². The van der Waals surface area contributed by atoms with Gasteiger partial charge in [-0.3, -0.25) is 0 Å². The Labute approximate surface area is 97.4 Å². The molecule has 0 fully saturated rings. The van der Waals surface area contributed by atoms with Crippen molar-refractivity contribution in [2.75, 3.05) is 30.4 Å². The number of likely N-dealkylation sites (N-methyl/N-ethyl adjacent to an activating group) is 1. The highest BCUT2D eigenvalue weighted by Gasteiger charge is 2.29. The van der Waals surface area contributed by atoms with E-state index in [2.05, 4.69) is 37.2 Å². The van der Waals surface area contributed by atoms with Gasteiger partial charge in [-0.1, -0.05) is 6.07 Å². The predicted molar refractivity (Wildman–Crippen MR) is 68.6 cm³/mol. The molecule has 0 amide bonds. The van der Waals surface area contributed by atoms with Gasteiger partial charge < -0.3 is 15.0 Å². The van der Waals surface area contributed by atoms with Gasteiger partial charge in [0.05, 0.1) is 12.3 Å². The molecule has 1 aromatic carbocycles. The minimum Gasteiger partial charge on any atom is -0.492 e. The number of nitrogens with zero attached hydrogens (tertiary/aromatic N) is 1. The summed E-state index contributed by atoms with van der Waals surface area (Å²) < 4.78 is 5.66. The number of benzene rings is 1. The molecule has 0 spiro atoms. The molecule has 16 heavy (non-hydrogen) atoms. The molecule has 1 aromatic rings. The van der Waals surface area contributed by atoms with Crippen molar-refractivity contribution in [2.45, 2.75) is 26.3 Å². The van der Waals surface area contributed by atoms with Crippen molar-refractivity contribution in [1.29, 1.82) is 0 Å². The van der Waals surface area contributed by atoms with Crippen molar-refractivity contribution in [3.05, 3.63) is 18.2 Å². The number of hydrogen-bond acceptors (Lipinski definition) is 3. The molecule has 88 valence electrons. The first kappa shape index (κ1) is 11.1. The van der Waals surface area contributed by atoms with Crippen LogP contribution in [0.2, 0.25) is 0 Å². The lowest BCUT2D eigenvalue weighted by Gasteiger charge is -2.40. The van der Waals surface area contributed by atoms with E-state index in [4.69, 9.17) is 4.74 Å². The maximum absolute atomic E-state index is 5.66. The topological polar surface area (TPSA) is 24.5 Å². The number of ether oxygens (including phenoxy) is 1. The van der Waals surface area contributed by atoms with Crippen LogP contribution >= 0.6 is 0 Å². The maximum atomic E-state index is 5.66. The minimum absolute atomic E-state index is 0.104. The van der Waals surface area contributed by atoms with Crippen LogP contribution in [0.4, 0.5) is 11.4 Å². The molecule has 0 bridgehead atoms. The number of anilines is 2. The molecule has 3 nitrogen and oxygen atoms in total. The van der Waals surface area contributed by atoms with E-state index in [1.165, 1.54) is 5.69 Å². The summed E-state index contributed by atoms with van der Waals surface area (Å²) in [7, 11) is 2.12. The SMILES string of the molecule is CCOc1cccc2c1N(C)CC(C)(C)N2. The summed E-state index contributed by atoms with van der Waals surface area (Å²) in [6.07, 6.45) is 0. The van der Waals surface area contributed by atoms with Gasteiger partial charge in [0.2, 0.25) is 0 Å². The molecule has 1 aliphatic rings. The monoisotopic (exact) mass is 220 g/mol. The molecule has 0 aliphatic carbocycles. The van der Waals surface area contributed by atoms with E-state index in [9.17, 15) is 0 Å². The van der Waals surface area contributed by atoms with Crippen LogP contribution in [-0.2, 0) is 0 Å². The highest BCUT2D eigenvalue weighted by molar-refractivity contribution is 5.79. The number of nitrogens with one attached hydrogen (secondary N) is 1. The number of para-hydroxylation sites is 1. The molecule has 0 atom stereocenters. The average molecular weight is 220 g/mol. The van der Waals surface area contributed by atoms with Crippen LogP contribution in [0.1, 0.15) is 20.8 Å². The Balaban J connectivity index is 2.43. The maximum Gasteiger partial charge on any atom is 0.144 e. The second kappa shape index (κ2) is 3.89. The first-order valence-corrected chi connectivity index (χ1v) is 5.78. The van der Waals surface area contributed by atoms with Crippen molar-refractivity contribution in [1.82, 2.24) is 0 Å². The zero-order valence-corrected chi connectivity index (χ0v) is 10.5. The van der Waals surface area contributed by atoms with E-state index in [1.807, 2.05) is 19.1 Å². The Hall–Kier alpha value is -1.38. The smallest absolute Gasteiger partial charge is 0.144 e. The first-order valence-electron chi connectivity index (χ1n) is 5.78. The molecule has 0 saturated heterocycles. The molecule has 0 aromatic heterocycles. The van der Waals surface area contributed by atoms with E-state index in [0.29, 0.717) is 6.61 Å². The highest BCUT2D eigenvalue weighted by Crippen LogP contribution is 2.40. The van der Waals surface area contributed by atoms with Crippen LogP contribution in [0, 0.1) is 0 Å². The van der Waals surface area contributed by atoms with Gasteiger partial charge in [0, 0.05) is 19.1 Å². The third-order valence-corrected chi connectivity index (χ3v) is 2.79. The molecular formula is C13H20N2O. The minimum atomic E-state index is 0.104. The first-order chi connectivity index (χ1) is 7.53. The number of fused-ring (bicyclic) bond motifs is 1. The van der Waals surface area contributed by atoms with Gasteiger partial charge in [0.25, 0.3) is 0 Å². The molecule has 0 saturated carbocycles. The van der Waals surface area contributed by atoms with Crippen LogP contribution in [0.25, 0.3) is 0 Å². The zero-order chi connectivity index (χ0) is 11.8. The molecule has 0 radical (unpaired) electrons. The van der Waals surface area contributed by atoms with E-state index >= 15 is 0 Å². The lowest BCUT2D eigenvalue weighted by molar-refractivity contribution is 0.339. The normalized spacial score (nSPS) is 17.6. The van der Waals surface area contributed by atoms with Crippen molar-refractivity contribution >= 4 is 11.4 Å². The largest absolute Gasteiger partial charge is 0.492 e. The lowest BCUT2D eigenvalue weighted by Crippen LogP contribution is -2.47. The van der Waals surface area contributed by atoms with Gasteiger partial charge in [0.1, 0.15) is 11.4 Å². The third-order valence-electron chi connectivity index (χ3n) is 2.79. The summed E-state index contributed by atoms with van der Waals surface area (Å²) in [5.74, 6) is 0.963. The van der Waals surface area contributed by atoms with Crippen molar-refractivity contribution in [2.24, 2.45) is 0 Å². The Morgan fingerprint density at radius 2 is 2.19 bits per heavy atom. The van der Waals surface area contributed by atoms with Gasteiger partial charge in [-0.15, -0.1) is 0 Å². The van der Waals surface area contributed by atoms with Gasteiger partial charge in [0.15, 0.2) is 0 Å². The van der Waals surface area contributed by atoms with Crippen molar-refractivity contribution < 1.29 is 4.74 Å². The fourth-order valence-electron chi connectivity index (χ4n) is 2.36. The summed E-state index contributed by atoms with van der Waals surface area (Å²) >= 11 is 0. The van der Waals surface area contributed by atoms with Crippen LogP contribution in [0.5, 0.6) is 5.75 Å². The van der Waals surface area contributed by atoms with E-state index in [-0.39, 0.29) is 5.54 Å². The summed E-state index contributed by atoms with van der Waals surface area (Å²) in [5, 5.41) is 3.54. The van der Waals surface area contributed by atoms with E-state index in [1.54, 1.807) is 0 Å². The molecule has 2 rings (SSSR count). The zero-order valence-electron chi connectivity index (χ0n) is 10.5. The van der Waals surface area contributed by atoms with Crippen LogP contribution in [0.15, 0.2) is 18.2 Å². The summed E-state index contributed by atoms with van der Waals surface area (Å²) in [4.78, 5) is 2.26. The van der Waals surface area contributed by atoms with Gasteiger partial charge in [-0.05, 0) is 32.9 Å². The molecule has 1 N–H and O–H groups in total. The van der Waals surface area contributed by atoms with Crippen LogP contribution in [0.3, 0.4) is 0 Å². The van der Waals surface area contributed by atoms with E-state index < -0.39 is 0 Å². The molecule has 3 heteroatoms. The fourth-order valence-corrected chi connectivity index (χ4v) is 2.36. The quantitative estimate of drug-likeness (QED) is 0.829. The lowest BCUT2D eigenvalue weighted by atomic mass is 9.99. The predicted octanol–water partition coefficient (Wildman–Crippen LogP) is 2.73. The van der Waals surface area contributed by atoms with E-state index in [0.717, 1.165) is 18.0 Å². The molecule has 1 aliphatic heterocycles. The van der Waals surface area contributed by atoms with Gasteiger partial charge >= 0.3 is 0 Å². The molecular weight excluding hydrogens is 200 g/mol. The van der Waals surface area contributed by atoms with Crippen molar-refractivity contribution in [3.8, 4) is 5.75 Å².